The summed E-state index contributed by atoms with van der Waals surface area (Å²) in [7, 11) is 0. The number of aromatic nitrogens is 3. The number of fused-ring (bicyclic) bond motifs is 2. The number of rotatable bonds is 8. The maximum atomic E-state index is 13.3. The molecule has 0 aliphatic carbocycles. The van der Waals surface area contributed by atoms with Crippen LogP contribution in [-0.2, 0) is 16.0 Å². The Hall–Kier alpha value is -3.79. The standard InChI is InChI=1S/C23H22N4O5S/c1-33-12-18(22(30)31)25-20(28)19(10-13-11-24-16-8-4-2-6-14(13)16)27-21(29)15-7-3-5-9-17(15)26-23(27)32/h2-9,11,18-19,24H,10,12H2,1H3,(H,25,28)(H,26,32)(H,30,31)/p-1/t18-,19-/m0/s1. The predicted molar refractivity (Wildman–Crippen MR) is 125 cm³/mol. The van der Waals surface area contributed by atoms with Crippen LogP contribution in [0.3, 0.4) is 0 Å². The lowest BCUT2D eigenvalue weighted by Crippen LogP contribution is -2.53. The van der Waals surface area contributed by atoms with Gasteiger partial charge in [-0.15, -0.1) is 0 Å². The lowest BCUT2D eigenvalue weighted by atomic mass is 10.0. The second-order valence-corrected chi connectivity index (χ2v) is 8.48. The third-order valence-electron chi connectivity index (χ3n) is 5.47. The van der Waals surface area contributed by atoms with Gasteiger partial charge in [0.15, 0.2) is 0 Å². The van der Waals surface area contributed by atoms with E-state index in [0.29, 0.717) is 11.1 Å². The van der Waals surface area contributed by atoms with Crippen molar-refractivity contribution in [1.82, 2.24) is 19.9 Å². The number of carbonyl (C=O) groups excluding carboxylic acids is 2. The van der Waals surface area contributed by atoms with Crippen molar-refractivity contribution < 1.29 is 14.7 Å². The molecule has 0 aliphatic heterocycles. The van der Waals surface area contributed by atoms with Crippen LogP contribution in [0, 0.1) is 0 Å². The zero-order valence-electron chi connectivity index (χ0n) is 17.7. The van der Waals surface area contributed by atoms with E-state index in [0.717, 1.165) is 15.5 Å². The Morgan fingerprint density at radius 3 is 2.42 bits per heavy atom. The minimum absolute atomic E-state index is 0.00376. The van der Waals surface area contributed by atoms with Crippen LogP contribution in [-0.4, -0.2) is 44.5 Å². The number of nitrogens with one attached hydrogen (secondary N) is 3. The van der Waals surface area contributed by atoms with E-state index in [2.05, 4.69) is 15.3 Å². The SMILES string of the molecule is CSC[C@H](NC(=O)[C@H](Cc1c[nH]c2ccccc12)n1c(=O)[nH]c2ccccc2c1=O)C(=O)[O-]. The summed E-state index contributed by atoms with van der Waals surface area (Å²) in [6.07, 6.45) is 3.41. The highest BCUT2D eigenvalue weighted by Gasteiger charge is 2.28. The number of carboxylic acid groups (broad SMARTS) is 1. The number of hydrogen-bond acceptors (Lipinski definition) is 6. The molecule has 0 saturated heterocycles. The van der Waals surface area contributed by atoms with Crippen LogP contribution in [0.15, 0.2) is 64.3 Å². The molecule has 0 radical (unpaired) electrons. The molecule has 4 aromatic rings. The Bertz CT molecular complexity index is 1450. The molecule has 1 amide bonds. The van der Waals surface area contributed by atoms with Crippen LogP contribution in [0.2, 0.25) is 0 Å². The molecule has 33 heavy (non-hydrogen) atoms. The Morgan fingerprint density at radius 1 is 1.06 bits per heavy atom. The summed E-state index contributed by atoms with van der Waals surface area (Å²) >= 11 is 1.23. The monoisotopic (exact) mass is 465 g/mol. The van der Waals surface area contributed by atoms with E-state index in [9.17, 15) is 24.3 Å². The number of nitrogens with zero attached hydrogens (tertiary/aromatic N) is 1. The fourth-order valence-corrected chi connectivity index (χ4v) is 4.43. The molecule has 2 aromatic heterocycles. The third-order valence-corrected chi connectivity index (χ3v) is 6.14. The van der Waals surface area contributed by atoms with E-state index in [-0.39, 0.29) is 17.6 Å². The van der Waals surface area contributed by atoms with Gasteiger partial charge in [0.2, 0.25) is 5.91 Å². The molecule has 0 fully saturated rings. The molecule has 4 rings (SSSR count). The minimum atomic E-state index is -1.44. The molecule has 0 unspecified atom stereocenters. The average Bonchev–Trinajstić information content (AvgIpc) is 3.21. The molecule has 2 aromatic carbocycles. The molecule has 10 heteroatoms. The maximum absolute atomic E-state index is 13.3. The second kappa shape index (κ2) is 9.37. The number of aliphatic carboxylic acids is 1. The number of aromatic amines is 2. The Morgan fingerprint density at radius 2 is 1.73 bits per heavy atom. The summed E-state index contributed by atoms with van der Waals surface area (Å²) < 4.78 is 0.852. The Labute approximate surface area is 191 Å². The van der Waals surface area contributed by atoms with Crippen molar-refractivity contribution >= 4 is 45.4 Å². The number of benzene rings is 2. The lowest BCUT2D eigenvalue weighted by Gasteiger charge is -2.24. The third kappa shape index (κ3) is 4.42. The molecule has 9 nitrogen and oxygen atoms in total. The molecule has 2 atom stereocenters. The predicted octanol–water partition coefficient (Wildman–Crippen LogP) is 0.553. The molecule has 0 bridgehead atoms. The van der Waals surface area contributed by atoms with Crippen LogP contribution in [0.4, 0.5) is 0 Å². The van der Waals surface area contributed by atoms with Crippen molar-refractivity contribution in [2.75, 3.05) is 12.0 Å². The van der Waals surface area contributed by atoms with Crippen LogP contribution in [0.1, 0.15) is 11.6 Å². The summed E-state index contributed by atoms with van der Waals surface area (Å²) in [6, 6.07) is 11.4. The fraction of sp³-hybridized carbons (Fsp3) is 0.217. The molecular formula is C23H21N4O5S-. The van der Waals surface area contributed by atoms with Crippen molar-refractivity contribution in [3.63, 3.8) is 0 Å². The summed E-state index contributed by atoms with van der Waals surface area (Å²) in [5.74, 6) is -2.12. The summed E-state index contributed by atoms with van der Waals surface area (Å²) in [6.45, 7) is 0. The van der Waals surface area contributed by atoms with Gasteiger partial charge in [-0.2, -0.15) is 11.8 Å². The number of H-pyrrole nitrogens is 2. The van der Waals surface area contributed by atoms with Gasteiger partial charge in [0.1, 0.15) is 6.04 Å². The van der Waals surface area contributed by atoms with Crippen LogP contribution in [0.25, 0.3) is 21.8 Å². The van der Waals surface area contributed by atoms with E-state index in [1.54, 1.807) is 36.7 Å². The summed E-state index contributed by atoms with van der Waals surface area (Å²) in [4.78, 5) is 56.7. The van der Waals surface area contributed by atoms with Crippen molar-refractivity contribution in [2.45, 2.75) is 18.5 Å². The highest BCUT2D eigenvalue weighted by Crippen LogP contribution is 2.22. The Balaban J connectivity index is 1.83. The molecular weight excluding hydrogens is 444 g/mol. The van der Waals surface area contributed by atoms with Gasteiger partial charge in [-0.3, -0.25) is 9.59 Å². The van der Waals surface area contributed by atoms with E-state index < -0.39 is 35.2 Å². The molecule has 0 spiro atoms. The van der Waals surface area contributed by atoms with Gasteiger partial charge in [0.05, 0.1) is 22.9 Å². The molecule has 2 heterocycles. The number of amides is 1. The summed E-state index contributed by atoms with van der Waals surface area (Å²) in [5.41, 5.74) is 0.504. The topological polar surface area (TPSA) is 140 Å². The van der Waals surface area contributed by atoms with E-state index in [1.807, 2.05) is 24.3 Å². The van der Waals surface area contributed by atoms with Gasteiger partial charge in [-0.1, -0.05) is 30.3 Å². The minimum Gasteiger partial charge on any atom is -0.548 e. The van der Waals surface area contributed by atoms with Gasteiger partial charge in [-0.25, -0.2) is 9.36 Å². The largest absolute Gasteiger partial charge is 0.548 e. The number of carboxylic acids is 1. The zero-order chi connectivity index (χ0) is 23.5. The van der Waals surface area contributed by atoms with E-state index >= 15 is 0 Å². The smallest absolute Gasteiger partial charge is 0.329 e. The first-order valence-electron chi connectivity index (χ1n) is 10.2. The first kappa shape index (κ1) is 22.4. The first-order chi connectivity index (χ1) is 15.9. The quantitative estimate of drug-likeness (QED) is 0.347. The van der Waals surface area contributed by atoms with Crippen LogP contribution >= 0.6 is 11.8 Å². The van der Waals surface area contributed by atoms with Crippen molar-refractivity contribution in [3.05, 3.63) is 81.1 Å². The first-order valence-corrected chi connectivity index (χ1v) is 11.6. The van der Waals surface area contributed by atoms with Gasteiger partial charge in [-0.05, 0) is 30.0 Å². The highest BCUT2D eigenvalue weighted by molar-refractivity contribution is 7.98. The molecule has 0 aliphatic rings. The van der Waals surface area contributed by atoms with Crippen molar-refractivity contribution in [2.24, 2.45) is 0 Å². The average molecular weight is 466 g/mol. The van der Waals surface area contributed by atoms with Crippen LogP contribution < -0.4 is 21.7 Å². The van der Waals surface area contributed by atoms with Gasteiger partial charge >= 0.3 is 5.69 Å². The van der Waals surface area contributed by atoms with E-state index in [1.165, 1.54) is 11.8 Å². The van der Waals surface area contributed by atoms with E-state index in [4.69, 9.17) is 0 Å². The number of thioether (sulfide) groups is 1. The molecule has 3 N–H and O–H groups in total. The van der Waals surface area contributed by atoms with Gasteiger partial charge < -0.3 is 25.2 Å². The maximum Gasteiger partial charge on any atom is 0.329 e. The Kier molecular flexibility index (Phi) is 6.36. The molecule has 170 valence electrons. The number of para-hydroxylation sites is 2. The summed E-state index contributed by atoms with van der Waals surface area (Å²) in [5, 5.41) is 15.0. The highest BCUT2D eigenvalue weighted by atomic mass is 32.2. The number of carbonyl (C=O) groups is 2. The van der Waals surface area contributed by atoms with Gasteiger partial charge in [0.25, 0.3) is 5.56 Å². The fourth-order valence-electron chi connectivity index (χ4n) is 3.87. The zero-order valence-corrected chi connectivity index (χ0v) is 18.5. The molecule has 0 saturated carbocycles. The number of hydrogen-bond donors (Lipinski definition) is 3. The lowest BCUT2D eigenvalue weighted by molar-refractivity contribution is -0.307. The van der Waals surface area contributed by atoms with Gasteiger partial charge in [0, 0.05) is 29.3 Å². The normalized spacial score (nSPS) is 13.1. The van der Waals surface area contributed by atoms with Crippen molar-refractivity contribution in [1.29, 1.82) is 0 Å². The van der Waals surface area contributed by atoms with Crippen LogP contribution in [0.5, 0.6) is 0 Å². The second-order valence-electron chi connectivity index (χ2n) is 7.57. The van der Waals surface area contributed by atoms with Crippen molar-refractivity contribution in [3.8, 4) is 0 Å².